The summed E-state index contributed by atoms with van der Waals surface area (Å²) in [6, 6.07) is 12.7. The van der Waals surface area contributed by atoms with Gasteiger partial charge in [-0.25, -0.2) is 9.97 Å². The number of nitrogens with one attached hydrogen (secondary N) is 5. The van der Waals surface area contributed by atoms with E-state index in [1.165, 1.54) is 16.2 Å². The monoisotopic (exact) mass is 735 g/mol. The topological polar surface area (TPSA) is 213 Å². The van der Waals surface area contributed by atoms with E-state index in [1.807, 2.05) is 53.9 Å². The lowest BCUT2D eigenvalue weighted by atomic mass is 10.0. The van der Waals surface area contributed by atoms with Gasteiger partial charge in [-0.15, -0.1) is 16.4 Å². The first-order valence-electron chi connectivity index (χ1n) is 17.6. The summed E-state index contributed by atoms with van der Waals surface area (Å²) in [6.45, 7) is 0.0373. The third kappa shape index (κ3) is 7.11. The predicted octanol–water partition coefficient (Wildman–Crippen LogP) is 3.38. The van der Waals surface area contributed by atoms with Crippen molar-refractivity contribution in [1.82, 2.24) is 51.1 Å². The van der Waals surface area contributed by atoms with Crippen LogP contribution in [0.15, 0.2) is 72.3 Å². The summed E-state index contributed by atoms with van der Waals surface area (Å²) in [4.78, 5) is 70.9. The Balaban J connectivity index is 1.12. The molecule has 272 valence electrons. The quantitative estimate of drug-likeness (QED) is 0.154. The van der Waals surface area contributed by atoms with Crippen LogP contribution in [0.4, 0.5) is 5.95 Å². The van der Waals surface area contributed by atoms with Crippen molar-refractivity contribution in [2.24, 2.45) is 5.92 Å². The van der Waals surface area contributed by atoms with Crippen molar-refractivity contribution < 1.29 is 23.9 Å². The number of allylic oxidation sites excluding steroid dienone is 1. The van der Waals surface area contributed by atoms with Gasteiger partial charge < -0.3 is 25.3 Å². The van der Waals surface area contributed by atoms with Crippen molar-refractivity contribution >= 4 is 51.9 Å². The highest BCUT2D eigenvalue weighted by molar-refractivity contribution is 7.13. The zero-order chi connectivity index (χ0) is 36.4. The molecular weight excluding hydrogens is 699 g/mol. The number of nitrogens with zero attached hydrogens (tertiary/aromatic N) is 6. The van der Waals surface area contributed by atoms with Crippen molar-refractivity contribution in [3.8, 4) is 16.5 Å². The average Bonchev–Trinajstić information content (AvgIpc) is 3.85. The van der Waals surface area contributed by atoms with Crippen LogP contribution >= 0.6 is 11.3 Å². The highest BCUT2D eigenvalue weighted by Gasteiger charge is 2.61. The number of amides is 4. The van der Waals surface area contributed by atoms with Crippen LogP contribution in [0.2, 0.25) is 0 Å². The number of benzene rings is 1. The fraction of sp³-hybridized carbons (Fsp3) is 0.361. The number of carbonyl (C=O) groups is 4. The zero-order valence-corrected chi connectivity index (χ0v) is 29.3. The van der Waals surface area contributed by atoms with Crippen LogP contribution in [-0.2, 0) is 14.4 Å². The minimum atomic E-state index is -1.29. The number of H-pyrrole nitrogens is 2. The van der Waals surface area contributed by atoms with Crippen LogP contribution in [0.1, 0.15) is 55.4 Å². The number of anilines is 1. The molecule has 2 aliphatic heterocycles. The Hall–Kier alpha value is -5.97. The lowest BCUT2D eigenvalue weighted by Crippen LogP contribution is -2.57. The molecule has 8 rings (SSSR count). The summed E-state index contributed by atoms with van der Waals surface area (Å²) in [5, 5.41) is 24.0. The first-order valence-corrected chi connectivity index (χ1v) is 18.5. The standard InChI is InChI=1S/C36H37N11O5S/c48-30(25-14-8-16-37-25)39-26-13-5-3-1-2-4-10-21-19-36(21,34(51)41-35-43-45-46-44-35)42-31(49)27-18-22(20-47(27)33(26)50)52-32-29(28-15-9-17-53-28)38-23-11-6-7-12-24(23)40-32/h4,6-12,14-17,21-22,26-27,37H,1-3,5,13,18-20H2,(H,39,48)(H,42,49)(H2,41,43,44,45,46,51)/b10-4-/t21-,22+,26-,27-,36+/m0/s1. The number of tetrazole rings is 1. The fourth-order valence-corrected chi connectivity index (χ4v) is 7.80. The summed E-state index contributed by atoms with van der Waals surface area (Å²) in [5.41, 5.74) is 0.925. The Labute approximate surface area is 307 Å². The van der Waals surface area contributed by atoms with Gasteiger partial charge in [-0.2, -0.15) is 5.21 Å². The minimum Gasteiger partial charge on any atom is -0.471 e. The molecule has 1 saturated carbocycles. The normalized spacial score (nSPS) is 25.3. The van der Waals surface area contributed by atoms with Gasteiger partial charge in [0.25, 0.3) is 17.8 Å². The summed E-state index contributed by atoms with van der Waals surface area (Å²) in [6.07, 6.45) is 8.91. The second-order valence-electron chi connectivity index (χ2n) is 13.5. The summed E-state index contributed by atoms with van der Waals surface area (Å²) in [7, 11) is 0. The van der Waals surface area contributed by atoms with Crippen molar-refractivity contribution in [2.45, 2.75) is 68.7 Å². The number of hydrogen-bond acceptors (Lipinski definition) is 11. The lowest BCUT2D eigenvalue weighted by molar-refractivity contribution is -0.141. The molecule has 0 radical (unpaired) electrons. The second kappa shape index (κ2) is 14.6. The van der Waals surface area contributed by atoms with Gasteiger partial charge in [-0.3, -0.25) is 24.5 Å². The minimum absolute atomic E-state index is 0.0195. The van der Waals surface area contributed by atoms with Crippen LogP contribution in [0.25, 0.3) is 21.6 Å². The van der Waals surface area contributed by atoms with Crippen LogP contribution < -0.4 is 20.7 Å². The lowest BCUT2D eigenvalue weighted by Gasteiger charge is -2.29. The third-order valence-electron chi connectivity index (χ3n) is 9.93. The summed E-state index contributed by atoms with van der Waals surface area (Å²) < 4.78 is 6.58. The van der Waals surface area contributed by atoms with E-state index in [9.17, 15) is 19.2 Å². The van der Waals surface area contributed by atoms with Gasteiger partial charge in [-0.1, -0.05) is 48.3 Å². The molecule has 4 amide bonds. The molecular formula is C36H37N11O5S. The molecule has 3 aliphatic rings. The number of carbonyl (C=O) groups excluding carboxylic acids is 4. The highest BCUT2D eigenvalue weighted by atomic mass is 32.1. The van der Waals surface area contributed by atoms with Gasteiger partial charge in [0.05, 0.1) is 22.5 Å². The van der Waals surface area contributed by atoms with E-state index in [1.54, 1.807) is 18.3 Å². The number of aromatic nitrogens is 7. The highest BCUT2D eigenvalue weighted by Crippen LogP contribution is 2.46. The number of rotatable bonds is 7. The van der Waals surface area contributed by atoms with E-state index >= 15 is 0 Å². The van der Waals surface area contributed by atoms with Crippen LogP contribution in [0, 0.1) is 5.92 Å². The summed E-state index contributed by atoms with van der Waals surface area (Å²) >= 11 is 1.50. The van der Waals surface area contributed by atoms with E-state index in [0.717, 1.165) is 24.1 Å². The van der Waals surface area contributed by atoms with Gasteiger partial charge in [0.15, 0.2) is 0 Å². The van der Waals surface area contributed by atoms with E-state index in [0.29, 0.717) is 41.7 Å². The molecule has 16 nitrogen and oxygen atoms in total. The number of thiophene rings is 1. The molecule has 53 heavy (non-hydrogen) atoms. The molecule has 1 saturated heterocycles. The zero-order valence-electron chi connectivity index (χ0n) is 28.5. The maximum absolute atomic E-state index is 14.6. The van der Waals surface area contributed by atoms with Crippen LogP contribution in [0.3, 0.4) is 0 Å². The number of aromatic amines is 2. The Bertz CT molecular complexity index is 2140. The largest absolute Gasteiger partial charge is 0.471 e. The van der Waals surface area contributed by atoms with E-state index in [4.69, 9.17) is 14.7 Å². The Morgan fingerprint density at radius 2 is 1.89 bits per heavy atom. The van der Waals surface area contributed by atoms with E-state index < -0.39 is 47.4 Å². The molecule has 0 bridgehead atoms. The van der Waals surface area contributed by atoms with Gasteiger partial charge in [0.1, 0.15) is 35.1 Å². The van der Waals surface area contributed by atoms with Gasteiger partial charge >= 0.3 is 0 Å². The maximum atomic E-state index is 14.6. The van der Waals surface area contributed by atoms with Gasteiger partial charge in [-0.05, 0) is 66.6 Å². The first kappa shape index (κ1) is 34.1. The number of fused-ring (bicyclic) bond motifs is 3. The molecule has 1 aromatic carbocycles. The van der Waals surface area contributed by atoms with Crippen LogP contribution in [0.5, 0.6) is 5.88 Å². The average molecular weight is 736 g/mol. The predicted molar refractivity (Wildman–Crippen MR) is 193 cm³/mol. The Morgan fingerprint density at radius 3 is 2.66 bits per heavy atom. The molecule has 5 atom stereocenters. The van der Waals surface area contributed by atoms with Gasteiger partial charge in [0, 0.05) is 18.5 Å². The molecule has 5 N–H and O–H groups in total. The van der Waals surface area contributed by atoms with Crippen LogP contribution in [-0.4, -0.2) is 94.4 Å². The first-order chi connectivity index (χ1) is 25.9. The smallest absolute Gasteiger partial charge is 0.269 e. The molecule has 4 aromatic heterocycles. The number of ether oxygens (including phenoxy) is 1. The van der Waals surface area contributed by atoms with E-state index in [2.05, 4.69) is 41.6 Å². The molecule has 5 aromatic rings. The second-order valence-corrected chi connectivity index (χ2v) is 14.4. The fourth-order valence-electron chi connectivity index (χ4n) is 7.10. The maximum Gasteiger partial charge on any atom is 0.269 e. The van der Waals surface area contributed by atoms with Crippen molar-refractivity contribution in [3.63, 3.8) is 0 Å². The molecule has 6 heterocycles. The molecule has 1 aliphatic carbocycles. The van der Waals surface area contributed by atoms with Crippen molar-refractivity contribution in [2.75, 3.05) is 11.9 Å². The van der Waals surface area contributed by atoms with Crippen molar-refractivity contribution in [1.29, 1.82) is 0 Å². The van der Waals surface area contributed by atoms with E-state index in [-0.39, 0.29) is 30.7 Å². The molecule has 0 unspecified atom stereocenters. The molecule has 0 spiro atoms. The third-order valence-corrected chi connectivity index (χ3v) is 10.8. The van der Waals surface area contributed by atoms with Gasteiger partial charge in [0.2, 0.25) is 17.7 Å². The Morgan fingerprint density at radius 1 is 1.02 bits per heavy atom. The molecule has 2 fully saturated rings. The molecule has 17 heteroatoms. The SMILES string of the molecule is O=C(N[C@H]1CCCCC/C=C\[C@H]2C[C@@]2(C(=O)Nc2nn[nH]n2)NC(=O)[C@@H]2C[C@@H](Oc3nc4ccccc4nc3-c3cccs3)CN2C1=O)c1ccc[nH]1. The Kier molecular flexibility index (Phi) is 9.39. The summed E-state index contributed by atoms with van der Waals surface area (Å²) in [5.74, 6) is -1.86. The number of hydrogen-bond donors (Lipinski definition) is 5. The van der Waals surface area contributed by atoms with Crippen molar-refractivity contribution in [3.05, 3.63) is 78.0 Å². The number of para-hydroxylation sites is 2.